The molecule has 0 bridgehead atoms. The van der Waals surface area contributed by atoms with Gasteiger partial charge in [0.05, 0.1) is 18.8 Å². The van der Waals surface area contributed by atoms with Gasteiger partial charge >= 0.3 is 6.03 Å². The summed E-state index contributed by atoms with van der Waals surface area (Å²) in [6.07, 6.45) is 0. The zero-order chi connectivity index (χ0) is 17.7. The molecule has 24 heavy (non-hydrogen) atoms. The molecule has 0 saturated carbocycles. The summed E-state index contributed by atoms with van der Waals surface area (Å²) in [6.45, 7) is 2.36. The lowest BCUT2D eigenvalue weighted by Crippen LogP contribution is -2.37. The van der Waals surface area contributed by atoms with Crippen molar-refractivity contribution < 1.29 is 9.53 Å². The predicted molar refractivity (Wildman–Crippen MR) is 94.4 cm³/mol. The zero-order valence-electron chi connectivity index (χ0n) is 14.8. The minimum Gasteiger partial charge on any atom is -0.497 e. The largest absolute Gasteiger partial charge is 0.497 e. The maximum atomic E-state index is 12.1. The van der Waals surface area contributed by atoms with Crippen molar-refractivity contribution in [3.63, 3.8) is 0 Å². The van der Waals surface area contributed by atoms with Gasteiger partial charge in [0.1, 0.15) is 11.6 Å². The monoisotopic (exact) mass is 331 g/mol. The summed E-state index contributed by atoms with van der Waals surface area (Å²) in [7, 11) is 7.40. The number of ether oxygens (including phenoxy) is 1. The van der Waals surface area contributed by atoms with Crippen molar-refractivity contribution in [2.75, 3.05) is 33.1 Å². The number of methoxy groups -OCH3 is 1. The quantitative estimate of drug-likeness (QED) is 0.851. The number of benzene rings is 1. The van der Waals surface area contributed by atoms with Crippen LogP contribution in [0.5, 0.6) is 5.75 Å². The van der Waals surface area contributed by atoms with Crippen molar-refractivity contribution in [1.29, 1.82) is 0 Å². The Labute approximate surface area is 142 Å². The summed E-state index contributed by atoms with van der Waals surface area (Å²) in [5, 5.41) is 9.92. The van der Waals surface area contributed by atoms with Crippen LogP contribution >= 0.6 is 0 Å². The second-order valence-electron chi connectivity index (χ2n) is 5.89. The molecule has 130 valence electrons. The van der Waals surface area contributed by atoms with Crippen LogP contribution < -0.4 is 15.4 Å². The van der Waals surface area contributed by atoms with Gasteiger partial charge in [-0.3, -0.25) is 10.00 Å². The minimum absolute atomic E-state index is 0.0409. The van der Waals surface area contributed by atoms with Crippen LogP contribution in [0.15, 0.2) is 30.3 Å². The standard InChI is InChI=1S/C17H25N5O2/c1-12-9-16(22(4)20-12)19-17(23)18-11-15(21(2)3)13-7-6-8-14(10-13)24-5/h6-10,15H,11H2,1-5H3,(H2,18,19,23)/t15-/m0/s1. The van der Waals surface area contributed by atoms with Crippen LogP contribution in [0.4, 0.5) is 10.6 Å². The third-order valence-electron chi connectivity index (χ3n) is 3.80. The Morgan fingerprint density at radius 2 is 2.12 bits per heavy atom. The van der Waals surface area contributed by atoms with Gasteiger partial charge in [0.2, 0.25) is 0 Å². The van der Waals surface area contributed by atoms with Crippen LogP contribution in [0.25, 0.3) is 0 Å². The maximum absolute atomic E-state index is 12.1. The number of hydrogen-bond acceptors (Lipinski definition) is 4. The molecule has 1 heterocycles. The lowest BCUT2D eigenvalue weighted by molar-refractivity contribution is 0.243. The Hall–Kier alpha value is -2.54. The zero-order valence-corrected chi connectivity index (χ0v) is 14.8. The summed E-state index contributed by atoms with van der Waals surface area (Å²) in [6, 6.07) is 9.47. The first kappa shape index (κ1) is 17.8. The first-order chi connectivity index (χ1) is 11.4. The van der Waals surface area contributed by atoms with E-state index in [0.717, 1.165) is 17.0 Å². The van der Waals surface area contributed by atoms with E-state index in [1.165, 1.54) is 0 Å². The third kappa shape index (κ3) is 4.48. The van der Waals surface area contributed by atoms with Gasteiger partial charge in [-0.2, -0.15) is 5.10 Å². The van der Waals surface area contributed by atoms with Gasteiger partial charge in [0.15, 0.2) is 0 Å². The van der Waals surface area contributed by atoms with Gasteiger partial charge in [-0.15, -0.1) is 0 Å². The molecule has 2 rings (SSSR count). The Kier molecular flexibility index (Phi) is 5.81. The van der Waals surface area contributed by atoms with E-state index >= 15 is 0 Å². The van der Waals surface area contributed by atoms with E-state index in [-0.39, 0.29) is 12.1 Å². The molecular formula is C17H25N5O2. The maximum Gasteiger partial charge on any atom is 0.320 e. The van der Waals surface area contributed by atoms with Crippen LogP contribution in [0.3, 0.4) is 0 Å². The molecule has 2 aromatic rings. The first-order valence-electron chi connectivity index (χ1n) is 7.76. The SMILES string of the molecule is COc1cccc([C@H](CNC(=O)Nc2cc(C)nn2C)N(C)C)c1. The molecule has 0 aliphatic heterocycles. The molecular weight excluding hydrogens is 306 g/mol. The minimum atomic E-state index is -0.257. The molecule has 0 aliphatic carbocycles. The summed E-state index contributed by atoms with van der Waals surface area (Å²) in [5.74, 6) is 1.46. The second-order valence-corrected chi connectivity index (χ2v) is 5.89. The third-order valence-corrected chi connectivity index (χ3v) is 3.80. The number of rotatable bonds is 6. The van der Waals surface area contributed by atoms with Crippen molar-refractivity contribution in [3.05, 3.63) is 41.6 Å². The number of amides is 2. The molecule has 0 radical (unpaired) electrons. The fourth-order valence-electron chi connectivity index (χ4n) is 2.52. The molecule has 1 atom stereocenters. The molecule has 0 aliphatic rings. The van der Waals surface area contributed by atoms with Gasteiger partial charge in [-0.1, -0.05) is 12.1 Å². The summed E-state index contributed by atoms with van der Waals surface area (Å²) in [4.78, 5) is 14.2. The van der Waals surface area contributed by atoms with Crippen molar-refractivity contribution in [1.82, 2.24) is 20.0 Å². The van der Waals surface area contributed by atoms with Crippen LogP contribution in [-0.4, -0.2) is 48.5 Å². The average molecular weight is 331 g/mol. The number of nitrogens with one attached hydrogen (secondary N) is 2. The van der Waals surface area contributed by atoms with Crippen molar-refractivity contribution in [2.45, 2.75) is 13.0 Å². The molecule has 0 spiro atoms. The number of carbonyl (C=O) groups is 1. The molecule has 7 heteroatoms. The van der Waals surface area contributed by atoms with Gasteiger partial charge < -0.3 is 15.0 Å². The highest BCUT2D eigenvalue weighted by Gasteiger charge is 2.16. The van der Waals surface area contributed by atoms with E-state index in [0.29, 0.717) is 12.4 Å². The highest BCUT2D eigenvalue weighted by atomic mass is 16.5. The molecule has 1 aromatic carbocycles. The lowest BCUT2D eigenvalue weighted by Gasteiger charge is -2.25. The number of carbonyl (C=O) groups excluding carboxylic acids is 1. The Bertz CT molecular complexity index is 696. The number of urea groups is 1. The lowest BCUT2D eigenvalue weighted by atomic mass is 10.1. The number of nitrogens with zero attached hydrogens (tertiary/aromatic N) is 3. The molecule has 1 aromatic heterocycles. The van der Waals surface area contributed by atoms with E-state index in [1.54, 1.807) is 18.8 Å². The van der Waals surface area contributed by atoms with Crippen molar-refractivity contribution in [3.8, 4) is 5.75 Å². The second kappa shape index (κ2) is 7.83. The Morgan fingerprint density at radius 1 is 1.38 bits per heavy atom. The first-order valence-corrected chi connectivity index (χ1v) is 7.76. The van der Waals surface area contributed by atoms with E-state index in [4.69, 9.17) is 4.74 Å². The number of aromatic nitrogens is 2. The highest BCUT2D eigenvalue weighted by Crippen LogP contribution is 2.22. The molecule has 7 nitrogen and oxygen atoms in total. The van der Waals surface area contributed by atoms with Gasteiger partial charge in [0.25, 0.3) is 0 Å². The molecule has 2 amide bonds. The smallest absolute Gasteiger partial charge is 0.320 e. The average Bonchev–Trinajstić information content (AvgIpc) is 2.85. The highest BCUT2D eigenvalue weighted by molar-refractivity contribution is 5.88. The van der Waals surface area contributed by atoms with Crippen LogP contribution in [0.1, 0.15) is 17.3 Å². The topological polar surface area (TPSA) is 71.4 Å². The van der Waals surface area contributed by atoms with E-state index in [2.05, 4.69) is 20.6 Å². The van der Waals surface area contributed by atoms with E-state index in [9.17, 15) is 4.79 Å². The molecule has 0 unspecified atom stereocenters. The Balaban J connectivity index is 2.00. The fraction of sp³-hybridized carbons (Fsp3) is 0.412. The number of hydrogen-bond donors (Lipinski definition) is 2. The summed E-state index contributed by atoms with van der Waals surface area (Å²) >= 11 is 0. The Morgan fingerprint density at radius 3 is 2.71 bits per heavy atom. The summed E-state index contributed by atoms with van der Waals surface area (Å²) < 4.78 is 6.92. The van der Waals surface area contributed by atoms with Gasteiger partial charge in [0, 0.05) is 19.7 Å². The molecule has 0 saturated heterocycles. The van der Waals surface area contributed by atoms with Gasteiger partial charge in [-0.05, 0) is 38.7 Å². The van der Waals surface area contributed by atoms with Crippen molar-refractivity contribution in [2.24, 2.45) is 7.05 Å². The van der Waals surface area contributed by atoms with Gasteiger partial charge in [-0.25, -0.2) is 4.79 Å². The van der Waals surface area contributed by atoms with Crippen molar-refractivity contribution >= 4 is 11.8 Å². The number of anilines is 1. The predicted octanol–water partition coefficient (Wildman–Crippen LogP) is 2.16. The van der Waals surface area contributed by atoms with E-state index in [1.807, 2.05) is 51.4 Å². The fourth-order valence-corrected chi connectivity index (χ4v) is 2.52. The molecule has 2 N–H and O–H groups in total. The van der Waals surface area contributed by atoms with Crippen LogP contribution in [0.2, 0.25) is 0 Å². The van der Waals surface area contributed by atoms with Crippen LogP contribution in [-0.2, 0) is 7.05 Å². The number of aryl methyl sites for hydroxylation is 2. The summed E-state index contributed by atoms with van der Waals surface area (Å²) in [5.41, 5.74) is 1.94. The molecule has 0 fully saturated rings. The van der Waals surface area contributed by atoms with E-state index < -0.39 is 0 Å². The van der Waals surface area contributed by atoms with Crippen LogP contribution in [0, 0.1) is 6.92 Å². The number of likely N-dealkylation sites (N-methyl/N-ethyl adjacent to an activating group) is 1. The normalized spacial score (nSPS) is 12.1.